The largest absolute Gasteiger partial charge is 0.623 e. The molecule has 124 valence electrons. The normalized spacial score (nSPS) is 19.4. The van der Waals surface area contributed by atoms with E-state index in [0.717, 1.165) is 10.3 Å². The van der Waals surface area contributed by atoms with Crippen molar-refractivity contribution >= 4 is 23.3 Å². The van der Waals surface area contributed by atoms with Crippen molar-refractivity contribution in [3.8, 4) is 0 Å². The van der Waals surface area contributed by atoms with Gasteiger partial charge in [0.15, 0.2) is 11.6 Å². The van der Waals surface area contributed by atoms with Gasteiger partial charge in [0.1, 0.15) is 0 Å². The van der Waals surface area contributed by atoms with Crippen molar-refractivity contribution in [2.75, 3.05) is 0 Å². The maximum Gasteiger partial charge on any atom is 0.339 e. The number of hydroxylamine groups is 1. The van der Waals surface area contributed by atoms with Gasteiger partial charge in [0.2, 0.25) is 5.71 Å². The molecule has 1 aliphatic rings. The molecular formula is C19H18ClNO3. The molecule has 0 N–H and O–H groups in total. The van der Waals surface area contributed by atoms with Gasteiger partial charge in [-0.2, -0.15) is 0 Å². The van der Waals surface area contributed by atoms with E-state index in [2.05, 4.69) is 0 Å². The Morgan fingerprint density at radius 3 is 2.58 bits per heavy atom. The summed E-state index contributed by atoms with van der Waals surface area (Å²) in [5.74, 6) is -0.484. The van der Waals surface area contributed by atoms with Crippen LogP contribution in [0.5, 0.6) is 0 Å². The van der Waals surface area contributed by atoms with Crippen molar-refractivity contribution in [1.29, 1.82) is 0 Å². The molecule has 5 heteroatoms. The highest BCUT2D eigenvalue weighted by Gasteiger charge is 2.47. The Hall–Kier alpha value is -2.33. The van der Waals surface area contributed by atoms with Crippen LogP contribution >= 0.6 is 11.6 Å². The summed E-state index contributed by atoms with van der Waals surface area (Å²) in [7, 11) is 0. The summed E-state index contributed by atoms with van der Waals surface area (Å²) in [6.45, 7) is 3.69. The third-order valence-corrected chi connectivity index (χ3v) is 4.37. The minimum atomic E-state index is -0.634. The van der Waals surface area contributed by atoms with E-state index in [1.807, 2.05) is 44.2 Å². The lowest BCUT2D eigenvalue weighted by Gasteiger charge is -2.17. The quantitative estimate of drug-likeness (QED) is 0.480. The van der Waals surface area contributed by atoms with Gasteiger partial charge < -0.3 is 9.94 Å². The Morgan fingerprint density at radius 1 is 1.21 bits per heavy atom. The zero-order chi connectivity index (χ0) is 17.3. The van der Waals surface area contributed by atoms with E-state index in [4.69, 9.17) is 16.3 Å². The fourth-order valence-corrected chi connectivity index (χ4v) is 3.10. The molecule has 1 aliphatic heterocycles. The molecule has 0 saturated carbocycles. The Balaban J connectivity index is 1.91. The average Bonchev–Trinajstić information content (AvgIpc) is 2.77. The summed E-state index contributed by atoms with van der Waals surface area (Å²) in [6.07, 6.45) is -0.154. The highest BCUT2D eigenvalue weighted by Crippen LogP contribution is 2.30. The van der Waals surface area contributed by atoms with Gasteiger partial charge in [0.25, 0.3) is 0 Å². The van der Waals surface area contributed by atoms with Crippen LogP contribution in [0, 0.1) is 5.21 Å². The fraction of sp³-hybridized carbons (Fsp3) is 0.263. The summed E-state index contributed by atoms with van der Waals surface area (Å²) < 4.78 is 6.61. The van der Waals surface area contributed by atoms with Crippen molar-refractivity contribution in [1.82, 2.24) is 0 Å². The topological polar surface area (TPSA) is 52.4 Å². The van der Waals surface area contributed by atoms with Crippen molar-refractivity contribution in [3.05, 3.63) is 76.0 Å². The number of nitrogens with zero attached hydrogens (tertiary/aromatic N) is 1. The number of esters is 1. The Labute approximate surface area is 145 Å². The van der Waals surface area contributed by atoms with Crippen LogP contribution in [0.3, 0.4) is 0 Å². The Morgan fingerprint density at radius 2 is 1.92 bits per heavy atom. The summed E-state index contributed by atoms with van der Waals surface area (Å²) in [4.78, 5) is 12.4. The minimum absolute atomic E-state index is 0.372. The molecule has 0 radical (unpaired) electrons. The highest BCUT2D eigenvalue weighted by atomic mass is 35.5. The number of carbonyl (C=O) groups is 1. The number of ether oxygens (including phenoxy) is 1. The van der Waals surface area contributed by atoms with E-state index in [-0.39, 0.29) is 0 Å². The van der Waals surface area contributed by atoms with Gasteiger partial charge in [0, 0.05) is 24.4 Å². The SMILES string of the molecule is CC1(C)CC(OC(=O)c2cccc(Cl)c2)C(c2ccccc2)=[N+]1[O-]. The summed E-state index contributed by atoms with van der Waals surface area (Å²) in [5.41, 5.74) is 0.986. The van der Waals surface area contributed by atoms with Crippen LogP contribution in [-0.2, 0) is 4.74 Å². The lowest BCUT2D eigenvalue weighted by atomic mass is 9.98. The zero-order valence-electron chi connectivity index (χ0n) is 13.5. The van der Waals surface area contributed by atoms with Crippen LogP contribution in [0.25, 0.3) is 0 Å². The van der Waals surface area contributed by atoms with Crippen molar-refractivity contribution < 1.29 is 14.3 Å². The summed E-state index contributed by atoms with van der Waals surface area (Å²) >= 11 is 5.93. The van der Waals surface area contributed by atoms with E-state index < -0.39 is 17.6 Å². The van der Waals surface area contributed by atoms with Crippen LogP contribution in [0.1, 0.15) is 36.2 Å². The van der Waals surface area contributed by atoms with Gasteiger partial charge in [-0.15, -0.1) is 0 Å². The predicted octanol–water partition coefficient (Wildman–Crippen LogP) is 4.05. The second-order valence-corrected chi connectivity index (χ2v) is 6.90. The van der Waals surface area contributed by atoms with Crippen LogP contribution < -0.4 is 0 Å². The van der Waals surface area contributed by atoms with Gasteiger partial charge in [-0.25, -0.2) is 9.53 Å². The first kappa shape index (κ1) is 16.5. The standard InChI is InChI=1S/C19H18ClNO3/c1-19(2)12-16(17(21(19)23)13-7-4-3-5-8-13)24-18(22)14-9-6-10-15(20)11-14/h3-11,16H,12H2,1-2H3. The van der Waals surface area contributed by atoms with Crippen LogP contribution in [-0.4, -0.2) is 28.1 Å². The molecule has 0 fully saturated rings. The number of carbonyl (C=O) groups excluding carboxylic acids is 1. The number of benzene rings is 2. The third-order valence-electron chi connectivity index (χ3n) is 4.14. The second-order valence-electron chi connectivity index (χ2n) is 6.47. The maximum atomic E-state index is 12.7. The molecule has 1 heterocycles. The maximum absolute atomic E-state index is 12.7. The lowest BCUT2D eigenvalue weighted by Crippen LogP contribution is -2.29. The van der Waals surface area contributed by atoms with E-state index in [0.29, 0.717) is 22.7 Å². The molecule has 0 amide bonds. The van der Waals surface area contributed by atoms with E-state index in [1.165, 1.54) is 0 Å². The summed E-state index contributed by atoms with van der Waals surface area (Å²) in [6, 6.07) is 15.9. The van der Waals surface area contributed by atoms with Crippen molar-refractivity contribution in [2.45, 2.75) is 31.9 Å². The van der Waals surface area contributed by atoms with E-state index >= 15 is 0 Å². The first-order valence-corrected chi connectivity index (χ1v) is 8.12. The van der Waals surface area contributed by atoms with Crippen molar-refractivity contribution in [3.63, 3.8) is 0 Å². The monoisotopic (exact) mass is 343 g/mol. The van der Waals surface area contributed by atoms with Gasteiger partial charge in [-0.05, 0) is 30.3 Å². The number of hydrogen-bond acceptors (Lipinski definition) is 3. The number of hydrogen-bond donors (Lipinski definition) is 0. The molecule has 1 atom stereocenters. The van der Waals surface area contributed by atoms with Gasteiger partial charge in [-0.3, -0.25) is 0 Å². The highest BCUT2D eigenvalue weighted by molar-refractivity contribution is 6.30. The molecule has 1 unspecified atom stereocenters. The smallest absolute Gasteiger partial charge is 0.339 e. The second kappa shape index (κ2) is 6.29. The van der Waals surface area contributed by atoms with Crippen LogP contribution in [0.2, 0.25) is 5.02 Å². The molecule has 0 aliphatic carbocycles. The molecule has 2 aromatic rings. The minimum Gasteiger partial charge on any atom is -0.623 e. The molecule has 24 heavy (non-hydrogen) atoms. The average molecular weight is 344 g/mol. The lowest BCUT2D eigenvalue weighted by molar-refractivity contribution is -0.530. The van der Waals surface area contributed by atoms with Crippen LogP contribution in [0.15, 0.2) is 54.6 Å². The molecule has 0 saturated heterocycles. The molecule has 3 rings (SSSR count). The molecule has 4 nitrogen and oxygen atoms in total. The van der Waals surface area contributed by atoms with Gasteiger partial charge >= 0.3 is 5.97 Å². The van der Waals surface area contributed by atoms with Gasteiger partial charge in [0.05, 0.1) is 12.0 Å². The Bertz CT molecular complexity index is 799. The first-order valence-electron chi connectivity index (χ1n) is 7.75. The molecule has 0 bridgehead atoms. The van der Waals surface area contributed by atoms with Crippen LogP contribution in [0.4, 0.5) is 0 Å². The molecule has 2 aromatic carbocycles. The molecular weight excluding hydrogens is 326 g/mol. The van der Waals surface area contributed by atoms with E-state index in [9.17, 15) is 10.0 Å². The molecule has 0 aromatic heterocycles. The van der Waals surface area contributed by atoms with E-state index in [1.54, 1.807) is 24.3 Å². The zero-order valence-corrected chi connectivity index (χ0v) is 14.3. The first-order chi connectivity index (χ1) is 11.4. The number of halogens is 1. The predicted molar refractivity (Wildman–Crippen MR) is 93.5 cm³/mol. The summed E-state index contributed by atoms with van der Waals surface area (Å²) in [5, 5.41) is 13.1. The molecule has 0 spiro atoms. The third kappa shape index (κ3) is 3.15. The Kier molecular flexibility index (Phi) is 4.33. The van der Waals surface area contributed by atoms with Gasteiger partial charge in [-0.1, -0.05) is 35.9 Å². The van der Waals surface area contributed by atoms with Crippen molar-refractivity contribution in [2.24, 2.45) is 0 Å². The number of rotatable bonds is 3. The fourth-order valence-electron chi connectivity index (χ4n) is 2.91.